The minimum absolute atomic E-state index is 0.305. The monoisotopic (exact) mass is 327 g/mol. The minimum atomic E-state index is 0.305. The molecule has 2 N–H and O–H groups in total. The average molecular weight is 328 g/mol. The zero-order valence-electron chi connectivity index (χ0n) is 14.3. The fourth-order valence-electron chi connectivity index (χ4n) is 3.56. The van der Waals surface area contributed by atoms with Gasteiger partial charge in [-0.3, -0.25) is 4.99 Å². The van der Waals surface area contributed by atoms with E-state index in [1.54, 1.807) is 0 Å². The molecular weight excluding hydrogens is 294 g/mol. The number of rotatable bonds is 7. The first-order chi connectivity index (χ1) is 10.8. The number of guanidine groups is 1. The molecular formula is C17H33N3OS. The van der Waals surface area contributed by atoms with E-state index in [1.165, 1.54) is 38.5 Å². The highest BCUT2D eigenvalue weighted by molar-refractivity contribution is 8.00. The Hall–Kier alpha value is -0.420. The van der Waals surface area contributed by atoms with Crippen molar-refractivity contribution in [2.45, 2.75) is 56.1 Å². The van der Waals surface area contributed by atoms with Crippen molar-refractivity contribution in [2.24, 2.45) is 10.9 Å². The fraction of sp³-hybridized carbons (Fsp3) is 0.941. The number of hydrogen-bond acceptors (Lipinski definition) is 3. The lowest BCUT2D eigenvalue weighted by Gasteiger charge is -2.36. The predicted molar refractivity (Wildman–Crippen MR) is 96.9 cm³/mol. The first kappa shape index (κ1) is 17.9. The first-order valence-corrected chi connectivity index (χ1v) is 10.1. The largest absolute Gasteiger partial charge is 0.381 e. The van der Waals surface area contributed by atoms with E-state index in [4.69, 9.17) is 4.74 Å². The Morgan fingerprint density at radius 3 is 2.59 bits per heavy atom. The summed E-state index contributed by atoms with van der Waals surface area (Å²) in [6.45, 7) is 3.78. The third kappa shape index (κ3) is 5.65. The topological polar surface area (TPSA) is 45.7 Å². The van der Waals surface area contributed by atoms with Crippen LogP contribution in [0.1, 0.15) is 51.4 Å². The van der Waals surface area contributed by atoms with E-state index in [2.05, 4.69) is 21.9 Å². The van der Waals surface area contributed by atoms with Gasteiger partial charge in [-0.25, -0.2) is 0 Å². The smallest absolute Gasteiger partial charge is 0.191 e. The molecule has 0 aromatic rings. The summed E-state index contributed by atoms with van der Waals surface area (Å²) in [4.78, 5) is 4.36. The summed E-state index contributed by atoms with van der Waals surface area (Å²) in [5, 5.41) is 6.99. The lowest BCUT2D eigenvalue weighted by molar-refractivity contribution is 0.0783. The maximum Gasteiger partial charge on any atom is 0.191 e. The van der Waals surface area contributed by atoms with Gasteiger partial charge in [0.2, 0.25) is 0 Å². The molecule has 0 spiro atoms. The van der Waals surface area contributed by atoms with Crippen molar-refractivity contribution in [2.75, 3.05) is 39.6 Å². The number of aliphatic imine (C=N–C) groups is 1. The highest BCUT2D eigenvalue weighted by Crippen LogP contribution is 2.33. The van der Waals surface area contributed by atoms with E-state index in [0.717, 1.165) is 51.0 Å². The van der Waals surface area contributed by atoms with E-state index in [9.17, 15) is 0 Å². The van der Waals surface area contributed by atoms with Gasteiger partial charge in [0.1, 0.15) is 0 Å². The van der Waals surface area contributed by atoms with Gasteiger partial charge in [-0.05, 0) is 37.9 Å². The second kappa shape index (κ2) is 9.66. The van der Waals surface area contributed by atoms with Gasteiger partial charge in [0.15, 0.2) is 5.96 Å². The normalized spacial score (nSPS) is 22.7. The summed E-state index contributed by atoms with van der Waals surface area (Å²) in [6, 6.07) is 0. The summed E-state index contributed by atoms with van der Waals surface area (Å²) in [6.07, 6.45) is 12.9. The van der Waals surface area contributed by atoms with E-state index in [1.807, 2.05) is 18.8 Å². The van der Waals surface area contributed by atoms with Gasteiger partial charge in [-0.15, -0.1) is 0 Å². The molecule has 1 aliphatic carbocycles. The lowest BCUT2D eigenvalue weighted by atomic mass is 9.99. The quantitative estimate of drug-likeness (QED) is 0.429. The van der Waals surface area contributed by atoms with Crippen LogP contribution in [0.25, 0.3) is 0 Å². The van der Waals surface area contributed by atoms with Gasteiger partial charge in [-0.1, -0.05) is 25.7 Å². The fourth-order valence-corrected chi connectivity index (χ4v) is 4.35. The second-order valence-corrected chi connectivity index (χ2v) is 7.92. The van der Waals surface area contributed by atoms with Crippen LogP contribution in [0, 0.1) is 5.92 Å². The van der Waals surface area contributed by atoms with Crippen LogP contribution >= 0.6 is 11.8 Å². The number of ether oxygens (including phenoxy) is 1. The molecule has 128 valence electrons. The Morgan fingerprint density at radius 1 is 1.23 bits per heavy atom. The highest BCUT2D eigenvalue weighted by atomic mass is 32.2. The molecule has 2 rings (SSSR count). The van der Waals surface area contributed by atoms with Crippen LogP contribution in [0.15, 0.2) is 4.99 Å². The molecule has 0 aromatic heterocycles. The molecule has 0 bridgehead atoms. The molecule has 1 saturated carbocycles. The third-order valence-electron chi connectivity index (χ3n) is 5.19. The van der Waals surface area contributed by atoms with Crippen LogP contribution in [-0.4, -0.2) is 50.3 Å². The Labute approximate surface area is 140 Å². The molecule has 1 aliphatic heterocycles. The molecule has 1 heterocycles. The SMILES string of the molecule is CN=C(NCCCC1CCCC1)NCC1(SC)CCOCC1. The Kier molecular flexibility index (Phi) is 7.87. The molecule has 2 aliphatic rings. The molecule has 0 radical (unpaired) electrons. The van der Waals surface area contributed by atoms with Crippen molar-refractivity contribution in [3.05, 3.63) is 0 Å². The number of hydrogen-bond donors (Lipinski definition) is 2. The zero-order chi connectivity index (χ0) is 15.7. The summed E-state index contributed by atoms with van der Waals surface area (Å²) in [5.74, 6) is 1.94. The summed E-state index contributed by atoms with van der Waals surface area (Å²) in [5.41, 5.74) is 0. The van der Waals surface area contributed by atoms with Gasteiger partial charge in [0, 0.05) is 38.1 Å². The standard InChI is InChI=1S/C17H33N3OS/c1-18-16(19-11-5-8-15-6-3-4-7-15)20-14-17(22-2)9-12-21-13-10-17/h15H,3-14H2,1-2H3,(H2,18,19,20). The maximum atomic E-state index is 5.50. The van der Waals surface area contributed by atoms with Crippen LogP contribution in [0.2, 0.25) is 0 Å². The van der Waals surface area contributed by atoms with E-state index in [0.29, 0.717) is 4.75 Å². The molecule has 0 amide bonds. The molecule has 4 nitrogen and oxygen atoms in total. The van der Waals surface area contributed by atoms with E-state index >= 15 is 0 Å². The summed E-state index contributed by atoms with van der Waals surface area (Å²) < 4.78 is 5.81. The van der Waals surface area contributed by atoms with E-state index < -0.39 is 0 Å². The van der Waals surface area contributed by atoms with Gasteiger partial charge in [-0.2, -0.15) is 11.8 Å². The van der Waals surface area contributed by atoms with Crippen molar-refractivity contribution in [1.82, 2.24) is 10.6 Å². The molecule has 5 heteroatoms. The van der Waals surface area contributed by atoms with Crippen LogP contribution in [-0.2, 0) is 4.74 Å². The Balaban J connectivity index is 1.63. The number of nitrogens with zero attached hydrogens (tertiary/aromatic N) is 1. The maximum absolute atomic E-state index is 5.50. The van der Waals surface area contributed by atoms with Crippen molar-refractivity contribution in [3.8, 4) is 0 Å². The number of nitrogens with one attached hydrogen (secondary N) is 2. The first-order valence-electron chi connectivity index (χ1n) is 8.85. The molecule has 22 heavy (non-hydrogen) atoms. The second-order valence-electron chi connectivity index (χ2n) is 6.64. The molecule has 0 aromatic carbocycles. The lowest BCUT2D eigenvalue weighted by Crippen LogP contribution is -2.48. The van der Waals surface area contributed by atoms with Crippen LogP contribution < -0.4 is 10.6 Å². The van der Waals surface area contributed by atoms with Crippen molar-refractivity contribution in [3.63, 3.8) is 0 Å². The van der Waals surface area contributed by atoms with Crippen molar-refractivity contribution < 1.29 is 4.74 Å². The van der Waals surface area contributed by atoms with Crippen molar-refractivity contribution >= 4 is 17.7 Å². The molecule has 1 saturated heterocycles. The summed E-state index contributed by atoms with van der Waals surface area (Å²) in [7, 11) is 1.86. The molecule has 2 fully saturated rings. The highest BCUT2D eigenvalue weighted by Gasteiger charge is 2.31. The van der Waals surface area contributed by atoms with Crippen LogP contribution in [0.5, 0.6) is 0 Å². The third-order valence-corrected chi connectivity index (χ3v) is 6.61. The minimum Gasteiger partial charge on any atom is -0.381 e. The van der Waals surface area contributed by atoms with Crippen LogP contribution in [0.4, 0.5) is 0 Å². The molecule has 0 unspecified atom stereocenters. The Morgan fingerprint density at radius 2 is 1.95 bits per heavy atom. The summed E-state index contributed by atoms with van der Waals surface area (Å²) >= 11 is 1.97. The predicted octanol–water partition coefficient (Wildman–Crippen LogP) is 3.03. The van der Waals surface area contributed by atoms with Gasteiger partial charge in [0.25, 0.3) is 0 Å². The van der Waals surface area contributed by atoms with Crippen molar-refractivity contribution in [1.29, 1.82) is 0 Å². The van der Waals surface area contributed by atoms with E-state index in [-0.39, 0.29) is 0 Å². The van der Waals surface area contributed by atoms with Gasteiger partial charge < -0.3 is 15.4 Å². The zero-order valence-corrected chi connectivity index (χ0v) is 15.1. The van der Waals surface area contributed by atoms with Gasteiger partial charge in [0.05, 0.1) is 0 Å². The van der Waals surface area contributed by atoms with Gasteiger partial charge >= 0.3 is 0 Å². The average Bonchev–Trinajstić information content (AvgIpc) is 3.08. The number of thioether (sulfide) groups is 1. The molecule has 0 atom stereocenters. The van der Waals surface area contributed by atoms with Crippen LogP contribution in [0.3, 0.4) is 0 Å². The Bertz CT molecular complexity index is 337.